The van der Waals surface area contributed by atoms with Crippen molar-refractivity contribution >= 4 is 19.8 Å². The SMILES string of the molecule is CC/C=C\C/C=C\C/C=C\C/C=C\C/C=C\C/C=C\CCCCCCCCCCCCC(=O)OC(COC(=O)CCCCCCCCCCC/C=C\CCCCCCCCCC)COP(=O)(O)OCC[N+](C)(C)C. The van der Waals surface area contributed by atoms with E-state index >= 15 is 0 Å². The number of quaternary nitrogens is 1. The van der Waals surface area contributed by atoms with Gasteiger partial charge in [-0.15, -0.1) is 0 Å². The Morgan fingerprint density at radius 1 is 0.432 bits per heavy atom. The number of ether oxygens (including phenoxy) is 2. The summed E-state index contributed by atoms with van der Waals surface area (Å²) in [5.74, 6) is -0.802. The van der Waals surface area contributed by atoms with Crippen LogP contribution in [0, 0.1) is 0 Å². The highest BCUT2D eigenvalue weighted by Crippen LogP contribution is 2.43. The Hall–Kier alpha value is -2.81. The molecule has 74 heavy (non-hydrogen) atoms. The molecule has 0 aromatic carbocycles. The number of hydrogen-bond donors (Lipinski definition) is 1. The van der Waals surface area contributed by atoms with Crippen LogP contribution < -0.4 is 0 Å². The van der Waals surface area contributed by atoms with Gasteiger partial charge < -0.3 is 18.9 Å². The Bertz CT molecular complexity index is 1520. The number of allylic oxidation sites excluding steroid dienone is 14. The molecule has 0 aromatic heterocycles. The molecule has 9 nitrogen and oxygen atoms in total. The number of carbonyl (C=O) groups excluding carboxylic acids is 2. The van der Waals surface area contributed by atoms with E-state index in [2.05, 4.69) is 98.9 Å². The smallest absolute Gasteiger partial charge is 0.462 e. The lowest BCUT2D eigenvalue weighted by atomic mass is 10.0. The van der Waals surface area contributed by atoms with Gasteiger partial charge in [-0.25, -0.2) is 4.57 Å². The van der Waals surface area contributed by atoms with E-state index in [0.717, 1.165) is 83.5 Å². The number of esters is 2. The number of carbonyl (C=O) groups is 2. The molecule has 0 aliphatic rings. The Kier molecular flexibility index (Phi) is 52.9. The molecule has 0 spiro atoms. The van der Waals surface area contributed by atoms with Crippen molar-refractivity contribution in [2.75, 3.05) is 47.5 Å². The molecule has 428 valence electrons. The van der Waals surface area contributed by atoms with Crippen molar-refractivity contribution in [1.82, 2.24) is 0 Å². The third-order valence-electron chi connectivity index (χ3n) is 12.9. The van der Waals surface area contributed by atoms with Gasteiger partial charge in [0.1, 0.15) is 19.8 Å². The maximum atomic E-state index is 12.8. The van der Waals surface area contributed by atoms with Gasteiger partial charge in [0.2, 0.25) is 0 Å². The molecule has 0 saturated carbocycles. The monoisotopic (exact) mass is 1060 g/mol. The maximum absolute atomic E-state index is 12.8. The molecule has 0 heterocycles. The summed E-state index contributed by atoms with van der Waals surface area (Å²) in [6.07, 6.45) is 73.6. The summed E-state index contributed by atoms with van der Waals surface area (Å²) in [6, 6.07) is 0. The number of phosphoric acid groups is 1. The number of unbranched alkanes of at least 4 members (excludes halogenated alkanes) is 27. The van der Waals surface area contributed by atoms with E-state index in [4.69, 9.17) is 18.5 Å². The minimum Gasteiger partial charge on any atom is -0.462 e. The first-order valence-electron chi connectivity index (χ1n) is 30.3. The van der Waals surface area contributed by atoms with Crippen LogP contribution in [0.1, 0.15) is 258 Å². The van der Waals surface area contributed by atoms with Crippen LogP contribution in [0.5, 0.6) is 0 Å². The fourth-order valence-corrected chi connectivity index (χ4v) is 8.99. The van der Waals surface area contributed by atoms with Gasteiger partial charge in [0, 0.05) is 12.8 Å². The first kappa shape index (κ1) is 71.2. The lowest BCUT2D eigenvalue weighted by Crippen LogP contribution is -2.37. The van der Waals surface area contributed by atoms with Crippen molar-refractivity contribution in [2.45, 2.75) is 264 Å². The van der Waals surface area contributed by atoms with Crippen LogP contribution >= 0.6 is 7.82 Å². The third-order valence-corrected chi connectivity index (χ3v) is 13.9. The second kappa shape index (κ2) is 55.0. The van der Waals surface area contributed by atoms with E-state index in [0.29, 0.717) is 17.4 Å². The number of phosphoric ester groups is 1. The van der Waals surface area contributed by atoms with Gasteiger partial charge in [-0.05, 0) is 89.9 Å². The van der Waals surface area contributed by atoms with Crippen LogP contribution in [0.2, 0.25) is 0 Å². The molecule has 10 heteroatoms. The van der Waals surface area contributed by atoms with Gasteiger partial charge in [-0.3, -0.25) is 18.6 Å². The largest absolute Gasteiger partial charge is 0.472 e. The predicted molar refractivity (Wildman–Crippen MR) is 316 cm³/mol. The second-order valence-corrected chi connectivity index (χ2v) is 22.8. The number of hydrogen-bond acceptors (Lipinski definition) is 7. The second-order valence-electron chi connectivity index (χ2n) is 21.4. The highest BCUT2D eigenvalue weighted by atomic mass is 31.2. The van der Waals surface area contributed by atoms with E-state index < -0.39 is 26.5 Å². The third kappa shape index (κ3) is 58.5. The Morgan fingerprint density at radius 3 is 1.16 bits per heavy atom. The molecule has 0 bridgehead atoms. The van der Waals surface area contributed by atoms with Crippen molar-refractivity contribution < 1.29 is 42.1 Å². The summed E-state index contributed by atoms with van der Waals surface area (Å²) in [6.45, 7) is 4.33. The van der Waals surface area contributed by atoms with Gasteiger partial charge in [0.05, 0.1) is 27.7 Å². The highest BCUT2D eigenvalue weighted by molar-refractivity contribution is 7.47. The van der Waals surface area contributed by atoms with Crippen LogP contribution in [0.4, 0.5) is 0 Å². The zero-order chi connectivity index (χ0) is 54.2. The molecule has 0 saturated heterocycles. The maximum Gasteiger partial charge on any atom is 0.472 e. The Labute approximate surface area is 456 Å². The van der Waals surface area contributed by atoms with Gasteiger partial charge in [0.25, 0.3) is 0 Å². The summed E-state index contributed by atoms with van der Waals surface area (Å²) in [5.41, 5.74) is 0. The molecular formula is C64H115NO8P+. The van der Waals surface area contributed by atoms with E-state index in [1.165, 1.54) is 141 Å². The van der Waals surface area contributed by atoms with Crippen molar-refractivity contribution in [3.8, 4) is 0 Å². The van der Waals surface area contributed by atoms with Gasteiger partial charge in [0.15, 0.2) is 6.10 Å². The molecule has 0 radical (unpaired) electrons. The number of likely N-dealkylation sites (N-methyl/N-ethyl adjacent to an activating group) is 1. The number of nitrogens with zero attached hydrogens (tertiary/aromatic N) is 1. The van der Waals surface area contributed by atoms with Crippen LogP contribution in [0.25, 0.3) is 0 Å². The van der Waals surface area contributed by atoms with E-state index in [1.807, 2.05) is 21.1 Å². The van der Waals surface area contributed by atoms with Crippen molar-refractivity contribution in [1.29, 1.82) is 0 Å². The summed E-state index contributed by atoms with van der Waals surface area (Å²) in [4.78, 5) is 35.7. The highest BCUT2D eigenvalue weighted by Gasteiger charge is 2.27. The van der Waals surface area contributed by atoms with Crippen LogP contribution in [0.15, 0.2) is 85.1 Å². The molecule has 0 fully saturated rings. The lowest BCUT2D eigenvalue weighted by molar-refractivity contribution is -0.870. The average Bonchev–Trinajstić information content (AvgIpc) is 3.36. The Balaban J connectivity index is 4.17. The standard InChI is InChI=1S/C64H114NO8P/c1-6-8-10-12-14-16-18-20-22-24-26-28-29-30-31-32-33-34-35-37-39-41-43-45-47-49-51-53-55-57-64(67)73-62(61-72-74(68,69)71-59-58-65(3,4)5)60-70-63(66)56-54-52-50-48-46-44-42-40-38-36-27-25-23-21-19-17-15-13-11-9-7-2/h8,10,14,16,20,22,25-28,30-31,33-34,62H,6-7,9,11-13,15,17-19,21,23-24,29,32,35-61H2,1-5H3/p+1/b10-8-,16-14-,22-20-,27-25-,28-26-,31-30-,34-33-. The molecule has 2 unspecified atom stereocenters. The summed E-state index contributed by atoms with van der Waals surface area (Å²) >= 11 is 0. The molecule has 2 atom stereocenters. The minimum absolute atomic E-state index is 0.0275. The topological polar surface area (TPSA) is 108 Å². The fourth-order valence-electron chi connectivity index (χ4n) is 8.25. The summed E-state index contributed by atoms with van der Waals surface area (Å²) in [5, 5.41) is 0. The van der Waals surface area contributed by atoms with Gasteiger partial charge in [-0.2, -0.15) is 0 Å². The van der Waals surface area contributed by atoms with Crippen molar-refractivity contribution in [3.63, 3.8) is 0 Å². The molecule has 0 aliphatic heterocycles. The van der Waals surface area contributed by atoms with Gasteiger partial charge in [-0.1, -0.05) is 240 Å². The quantitative estimate of drug-likeness (QED) is 0.0211. The van der Waals surface area contributed by atoms with Crippen LogP contribution in [-0.2, 0) is 32.7 Å². The van der Waals surface area contributed by atoms with Crippen LogP contribution in [0.3, 0.4) is 0 Å². The molecular weight excluding hydrogens is 942 g/mol. The van der Waals surface area contributed by atoms with Crippen LogP contribution in [-0.4, -0.2) is 74.9 Å². The normalized spacial score (nSPS) is 13.9. The van der Waals surface area contributed by atoms with E-state index in [-0.39, 0.29) is 32.0 Å². The van der Waals surface area contributed by atoms with E-state index in [1.54, 1.807) is 0 Å². The molecule has 0 aromatic rings. The molecule has 1 N–H and O–H groups in total. The molecule has 0 amide bonds. The molecule has 0 aliphatic carbocycles. The average molecular weight is 1060 g/mol. The minimum atomic E-state index is -4.39. The first-order valence-corrected chi connectivity index (χ1v) is 31.8. The zero-order valence-corrected chi connectivity index (χ0v) is 49.5. The fraction of sp³-hybridized carbons (Fsp3) is 0.750. The number of rotatable bonds is 55. The van der Waals surface area contributed by atoms with Crippen molar-refractivity contribution in [2.24, 2.45) is 0 Å². The lowest BCUT2D eigenvalue weighted by Gasteiger charge is -2.24. The summed E-state index contributed by atoms with van der Waals surface area (Å²) in [7, 11) is 1.47. The van der Waals surface area contributed by atoms with E-state index in [9.17, 15) is 19.0 Å². The zero-order valence-electron chi connectivity index (χ0n) is 48.6. The molecule has 0 rings (SSSR count). The Morgan fingerprint density at radius 2 is 0.770 bits per heavy atom. The predicted octanol–water partition coefficient (Wildman–Crippen LogP) is 19.0. The van der Waals surface area contributed by atoms with Gasteiger partial charge >= 0.3 is 19.8 Å². The first-order chi connectivity index (χ1) is 36.0. The summed E-state index contributed by atoms with van der Waals surface area (Å²) < 4.78 is 34.6. The van der Waals surface area contributed by atoms with Crippen molar-refractivity contribution in [3.05, 3.63) is 85.1 Å².